The van der Waals surface area contributed by atoms with Gasteiger partial charge in [0.1, 0.15) is 11.4 Å². The molecular weight excluding hydrogens is 251 g/mol. The molecule has 0 radical (unpaired) electrons. The Bertz CT molecular complexity index is 508. The Morgan fingerprint density at radius 3 is 3.06 bits per heavy atom. The number of halogens is 1. The van der Waals surface area contributed by atoms with E-state index in [1.807, 2.05) is 13.0 Å². The Kier molecular flexibility index (Phi) is 2.83. The summed E-state index contributed by atoms with van der Waals surface area (Å²) in [6.45, 7) is 2.55. The fourth-order valence-corrected chi connectivity index (χ4v) is 3.83. The van der Waals surface area contributed by atoms with Crippen LogP contribution in [-0.4, -0.2) is 23.6 Å². The predicted octanol–water partition coefficient (Wildman–Crippen LogP) is 2.12. The van der Waals surface area contributed by atoms with E-state index >= 15 is 0 Å². The molecule has 2 heterocycles. The largest absolute Gasteiger partial charge is 0.379 e. The molecule has 96 valence electrons. The monoisotopic (exact) mass is 266 g/mol. The number of rotatable bonds is 1. The van der Waals surface area contributed by atoms with Crippen LogP contribution in [0.15, 0.2) is 29.3 Å². The first kappa shape index (κ1) is 12.0. The highest BCUT2D eigenvalue weighted by atomic mass is 32.2. The third kappa shape index (κ3) is 1.57. The van der Waals surface area contributed by atoms with E-state index in [1.54, 1.807) is 12.1 Å². The van der Waals surface area contributed by atoms with Gasteiger partial charge in [-0.15, -0.1) is 0 Å². The Hall–Kier alpha value is -1.07. The second kappa shape index (κ2) is 4.24. The summed E-state index contributed by atoms with van der Waals surface area (Å²) in [4.78, 5) is 4.58. The summed E-state index contributed by atoms with van der Waals surface area (Å²) >= 11 is 1.52. The van der Waals surface area contributed by atoms with Gasteiger partial charge in [0.15, 0.2) is 5.17 Å². The Balaban J connectivity index is 2.20. The summed E-state index contributed by atoms with van der Waals surface area (Å²) in [5, 5.41) is 0.520. The molecule has 1 fully saturated rings. The zero-order chi connectivity index (χ0) is 12.8. The number of amidine groups is 1. The number of benzene rings is 1. The SMILES string of the molecule is C[C@H]1OC[C@H]2CSC(N)=N[C@]21c1ccccc1F. The maximum atomic E-state index is 14.1. The highest BCUT2D eigenvalue weighted by Crippen LogP contribution is 2.48. The van der Waals surface area contributed by atoms with Gasteiger partial charge in [-0.1, -0.05) is 30.0 Å². The van der Waals surface area contributed by atoms with Crippen LogP contribution in [0.25, 0.3) is 0 Å². The molecule has 0 unspecified atom stereocenters. The molecule has 0 amide bonds. The number of nitrogens with two attached hydrogens (primary N) is 1. The van der Waals surface area contributed by atoms with Crippen LogP contribution in [-0.2, 0) is 10.3 Å². The highest BCUT2D eigenvalue weighted by molar-refractivity contribution is 8.13. The molecule has 0 aliphatic carbocycles. The smallest absolute Gasteiger partial charge is 0.154 e. The molecule has 1 aromatic carbocycles. The molecule has 0 spiro atoms. The molecule has 18 heavy (non-hydrogen) atoms. The number of hydrogen-bond donors (Lipinski definition) is 1. The normalized spacial score (nSPS) is 35.1. The molecule has 3 atom stereocenters. The van der Waals surface area contributed by atoms with Gasteiger partial charge in [-0.2, -0.15) is 0 Å². The summed E-state index contributed by atoms with van der Waals surface area (Å²) in [5.41, 5.74) is 5.81. The van der Waals surface area contributed by atoms with Crippen LogP contribution < -0.4 is 5.73 Å². The number of ether oxygens (including phenoxy) is 1. The van der Waals surface area contributed by atoms with E-state index in [0.29, 0.717) is 17.3 Å². The van der Waals surface area contributed by atoms with E-state index in [-0.39, 0.29) is 17.8 Å². The van der Waals surface area contributed by atoms with Gasteiger partial charge >= 0.3 is 0 Å². The summed E-state index contributed by atoms with van der Waals surface area (Å²) < 4.78 is 19.9. The number of nitrogens with zero attached hydrogens (tertiary/aromatic N) is 1. The highest BCUT2D eigenvalue weighted by Gasteiger charge is 2.53. The Morgan fingerprint density at radius 2 is 2.28 bits per heavy atom. The van der Waals surface area contributed by atoms with E-state index < -0.39 is 5.54 Å². The fraction of sp³-hybridized carbons (Fsp3) is 0.462. The average molecular weight is 266 g/mol. The van der Waals surface area contributed by atoms with Crippen molar-refractivity contribution in [2.75, 3.05) is 12.4 Å². The van der Waals surface area contributed by atoms with Gasteiger partial charge in [0.05, 0.1) is 12.7 Å². The van der Waals surface area contributed by atoms with Crippen LogP contribution in [0.5, 0.6) is 0 Å². The minimum absolute atomic E-state index is 0.154. The van der Waals surface area contributed by atoms with Crippen molar-refractivity contribution in [2.24, 2.45) is 16.6 Å². The number of aliphatic imine (C=N–C) groups is 1. The molecule has 2 aliphatic heterocycles. The standard InChI is InChI=1S/C13H15FN2OS/c1-8-13(10-4-2-3-5-11(10)14)9(6-17-8)7-18-12(15)16-13/h2-5,8-9H,6-7H2,1H3,(H2,15,16)/t8-,9+,13+/m1/s1. The van der Waals surface area contributed by atoms with Crippen molar-refractivity contribution in [3.63, 3.8) is 0 Å². The van der Waals surface area contributed by atoms with Crippen LogP contribution in [0.1, 0.15) is 12.5 Å². The molecule has 1 saturated heterocycles. The van der Waals surface area contributed by atoms with Crippen LogP contribution in [0.2, 0.25) is 0 Å². The van der Waals surface area contributed by atoms with Gasteiger partial charge in [-0.05, 0) is 13.0 Å². The van der Waals surface area contributed by atoms with Crippen molar-refractivity contribution in [3.05, 3.63) is 35.6 Å². The summed E-state index contributed by atoms with van der Waals surface area (Å²) in [7, 11) is 0. The van der Waals surface area contributed by atoms with Crippen LogP contribution in [0, 0.1) is 11.7 Å². The van der Waals surface area contributed by atoms with Crippen LogP contribution >= 0.6 is 11.8 Å². The van der Waals surface area contributed by atoms with Crippen LogP contribution in [0.3, 0.4) is 0 Å². The van der Waals surface area contributed by atoms with E-state index in [0.717, 1.165) is 5.75 Å². The average Bonchev–Trinajstić information content (AvgIpc) is 2.68. The Morgan fingerprint density at radius 1 is 1.50 bits per heavy atom. The van der Waals surface area contributed by atoms with Crippen molar-refractivity contribution < 1.29 is 9.13 Å². The Labute approximate surface area is 110 Å². The number of hydrogen-bond acceptors (Lipinski definition) is 4. The second-order valence-corrected chi connectivity index (χ2v) is 5.78. The van der Waals surface area contributed by atoms with Gasteiger partial charge in [0.2, 0.25) is 0 Å². The van der Waals surface area contributed by atoms with Crippen molar-refractivity contribution >= 4 is 16.9 Å². The third-order valence-electron chi connectivity index (χ3n) is 3.82. The topological polar surface area (TPSA) is 47.6 Å². The first-order valence-corrected chi connectivity index (χ1v) is 6.98. The van der Waals surface area contributed by atoms with Crippen molar-refractivity contribution in [2.45, 2.75) is 18.6 Å². The number of fused-ring (bicyclic) bond motifs is 1. The van der Waals surface area contributed by atoms with Crippen molar-refractivity contribution in [3.8, 4) is 0 Å². The maximum absolute atomic E-state index is 14.1. The van der Waals surface area contributed by atoms with E-state index in [9.17, 15) is 4.39 Å². The van der Waals surface area contributed by atoms with Crippen molar-refractivity contribution in [1.29, 1.82) is 0 Å². The lowest BCUT2D eigenvalue weighted by atomic mass is 9.77. The molecule has 0 bridgehead atoms. The van der Waals surface area contributed by atoms with Gasteiger partial charge in [0.25, 0.3) is 0 Å². The zero-order valence-electron chi connectivity index (χ0n) is 10.1. The lowest BCUT2D eigenvalue weighted by molar-refractivity contribution is 0.0948. The quantitative estimate of drug-likeness (QED) is 0.847. The predicted molar refractivity (Wildman–Crippen MR) is 71.1 cm³/mol. The molecule has 3 rings (SSSR count). The fourth-order valence-electron chi connectivity index (χ4n) is 2.89. The first-order valence-electron chi connectivity index (χ1n) is 5.99. The summed E-state index contributed by atoms with van der Waals surface area (Å²) in [6, 6.07) is 6.79. The summed E-state index contributed by atoms with van der Waals surface area (Å²) in [6.07, 6.45) is -0.154. The van der Waals surface area contributed by atoms with Crippen LogP contribution in [0.4, 0.5) is 4.39 Å². The molecule has 0 aromatic heterocycles. The number of thioether (sulfide) groups is 1. The summed E-state index contributed by atoms with van der Waals surface area (Å²) in [5.74, 6) is 0.776. The van der Waals surface area contributed by atoms with Gasteiger partial charge in [0, 0.05) is 17.2 Å². The zero-order valence-corrected chi connectivity index (χ0v) is 10.9. The lowest BCUT2D eigenvalue weighted by Crippen LogP contribution is -2.44. The van der Waals surface area contributed by atoms with E-state index in [2.05, 4.69) is 4.99 Å². The van der Waals surface area contributed by atoms with E-state index in [4.69, 9.17) is 10.5 Å². The molecule has 3 nitrogen and oxygen atoms in total. The van der Waals surface area contributed by atoms with Gasteiger partial charge in [-0.3, -0.25) is 0 Å². The first-order chi connectivity index (χ1) is 8.64. The molecular formula is C13H15FN2OS. The molecule has 2 aliphatic rings. The molecule has 5 heteroatoms. The van der Waals surface area contributed by atoms with Crippen molar-refractivity contribution in [1.82, 2.24) is 0 Å². The molecule has 1 aromatic rings. The minimum Gasteiger partial charge on any atom is -0.379 e. The molecule has 0 saturated carbocycles. The van der Waals surface area contributed by atoms with Gasteiger partial charge in [-0.25, -0.2) is 9.38 Å². The third-order valence-corrected chi connectivity index (χ3v) is 4.78. The second-order valence-electron chi connectivity index (χ2n) is 4.74. The van der Waals surface area contributed by atoms with E-state index in [1.165, 1.54) is 17.8 Å². The minimum atomic E-state index is -0.652. The maximum Gasteiger partial charge on any atom is 0.154 e. The van der Waals surface area contributed by atoms with Gasteiger partial charge < -0.3 is 10.5 Å². The molecule has 2 N–H and O–H groups in total. The lowest BCUT2D eigenvalue weighted by Gasteiger charge is -2.37.